The minimum atomic E-state index is -1.12. The molecule has 1 unspecified atom stereocenters. The molecule has 21 heavy (non-hydrogen) atoms. The van der Waals surface area contributed by atoms with Gasteiger partial charge < -0.3 is 15.3 Å². The second-order valence-corrected chi connectivity index (χ2v) is 6.16. The maximum absolute atomic E-state index is 12.2. The highest BCUT2D eigenvalue weighted by Crippen LogP contribution is 2.22. The number of carbonyl (C=O) groups excluding carboxylic acids is 2. The molecular weight excluding hydrogens is 316 g/mol. The lowest BCUT2D eigenvalue weighted by atomic mass is 10.1. The van der Waals surface area contributed by atoms with E-state index in [1.807, 2.05) is 0 Å². The molecule has 0 bridgehead atoms. The Balaban J connectivity index is 2.09. The van der Waals surface area contributed by atoms with Gasteiger partial charge in [-0.3, -0.25) is 14.4 Å². The van der Waals surface area contributed by atoms with Crippen molar-refractivity contribution in [2.45, 2.75) is 12.5 Å². The van der Waals surface area contributed by atoms with Crippen LogP contribution in [0.5, 0.6) is 0 Å². The molecule has 1 aliphatic rings. The summed E-state index contributed by atoms with van der Waals surface area (Å²) in [6.07, 6.45) is 2.52. The highest BCUT2D eigenvalue weighted by molar-refractivity contribution is 7.17. The van der Waals surface area contributed by atoms with Crippen molar-refractivity contribution in [1.82, 2.24) is 10.2 Å². The molecule has 1 saturated heterocycles. The summed E-state index contributed by atoms with van der Waals surface area (Å²) in [7, 11) is 0. The van der Waals surface area contributed by atoms with Crippen LogP contribution in [0.1, 0.15) is 11.3 Å². The highest BCUT2D eigenvalue weighted by Gasteiger charge is 2.33. The normalized spacial score (nSPS) is 18.8. The number of hydrogen-bond donors (Lipinski definition) is 2. The van der Waals surface area contributed by atoms with Gasteiger partial charge in [-0.2, -0.15) is 0 Å². The van der Waals surface area contributed by atoms with Crippen LogP contribution in [-0.4, -0.2) is 46.9 Å². The summed E-state index contributed by atoms with van der Waals surface area (Å²) in [4.78, 5) is 36.8. The van der Waals surface area contributed by atoms with Crippen molar-refractivity contribution >= 4 is 46.8 Å². The Morgan fingerprint density at radius 1 is 1.52 bits per heavy atom. The molecule has 0 radical (unpaired) electrons. The SMILES string of the molecule is O=C(O)CC1C(=O)NCCN1C(=O)C=Cc1ccc(Cl)s1. The van der Waals surface area contributed by atoms with Crippen LogP contribution in [0, 0.1) is 0 Å². The van der Waals surface area contributed by atoms with E-state index in [2.05, 4.69) is 5.32 Å². The molecule has 0 aromatic carbocycles. The topological polar surface area (TPSA) is 86.7 Å². The van der Waals surface area contributed by atoms with E-state index in [4.69, 9.17) is 16.7 Å². The number of nitrogens with one attached hydrogen (secondary N) is 1. The first kappa shape index (κ1) is 15.5. The zero-order valence-electron chi connectivity index (χ0n) is 10.9. The first-order valence-electron chi connectivity index (χ1n) is 6.21. The van der Waals surface area contributed by atoms with E-state index in [0.717, 1.165) is 4.88 Å². The molecule has 0 spiro atoms. The Morgan fingerprint density at radius 2 is 2.29 bits per heavy atom. The minimum Gasteiger partial charge on any atom is -0.481 e. The lowest BCUT2D eigenvalue weighted by Crippen LogP contribution is -2.57. The second-order valence-electron chi connectivity index (χ2n) is 4.41. The van der Waals surface area contributed by atoms with E-state index < -0.39 is 24.3 Å². The lowest BCUT2D eigenvalue weighted by molar-refractivity contribution is -0.146. The van der Waals surface area contributed by atoms with Gasteiger partial charge in [0.05, 0.1) is 10.8 Å². The van der Waals surface area contributed by atoms with Crippen molar-refractivity contribution in [1.29, 1.82) is 0 Å². The molecule has 2 rings (SSSR count). The van der Waals surface area contributed by atoms with Gasteiger partial charge in [0, 0.05) is 24.0 Å². The van der Waals surface area contributed by atoms with Crippen molar-refractivity contribution in [3.05, 3.63) is 27.4 Å². The Morgan fingerprint density at radius 3 is 2.90 bits per heavy atom. The van der Waals surface area contributed by atoms with Crippen LogP contribution in [0.15, 0.2) is 18.2 Å². The number of piperazine rings is 1. The summed E-state index contributed by atoms with van der Waals surface area (Å²) in [6, 6.07) is 2.52. The fraction of sp³-hybridized carbons (Fsp3) is 0.308. The molecule has 1 aliphatic heterocycles. The summed E-state index contributed by atoms with van der Waals surface area (Å²) in [5, 5.41) is 11.4. The van der Waals surface area contributed by atoms with Crippen LogP contribution in [0.3, 0.4) is 0 Å². The molecule has 112 valence electrons. The maximum Gasteiger partial charge on any atom is 0.305 e. The molecule has 2 amide bonds. The van der Waals surface area contributed by atoms with Crippen LogP contribution in [-0.2, 0) is 14.4 Å². The van der Waals surface area contributed by atoms with E-state index in [-0.39, 0.29) is 12.5 Å². The van der Waals surface area contributed by atoms with Crippen LogP contribution in [0.25, 0.3) is 6.08 Å². The Kier molecular flexibility index (Phi) is 4.98. The van der Waals surface area contributed by atoms with Gasteiger partial charge in [-0.15, -0.1) is 11.3 Å². The van der Waals surface area contributed by atoms with Gasteiger partial charge in [-0.25, -0.2) is 0 Å². The molecule has 0 aliphatic carbocycles. The Labute approximate surface area is 130 Å². The number of carbonyl (C=O) groups is 3. The standard InChI is InChI=1S/C13H13ClN2O4S/c14-10-3-1-8(21-10)2-4-11(17)16-6-5-15-13(20)9(16)7-12(18)19/h1-4,9H,5-7H2,(H,15,20)(H,18,19). The number of carboxylic acids is 1. The van der Waals surface area contributed by atoms with Gasteiger partial charge in [0.15, 0.2) is 0 Å². The van der Waals surface area contributed by atoms with Gasteiger partial charge in [-0.1, -0.05) is 11.6 Å². The number of rotatable bonds is 4. The number of amides is 2. The van der Waals surface area contributed by atoms with Crippen LogP contribution in [0.4, 0.5) is 0 Å². The van der Waals surface area contributed by atoms with Gasteiger partial charge in [-0.05, 0) is 18.2 Å². The molecule has 0 saturated carbocycles. The molecule has 1 aromatic rings. The van der Waals surface area contributed by atoms with Crippen LogP contribution in [0.2, 0.25) is 4.34 Å². The number of hydrogen-bond acceptors (Lipinski definition) is 4. The zero-order valence-corrected chi connectivity index (χ0v) is 12.5. The number of thiophene rings is 1. The molecular formula is C13H13ClN2O4S. The third kappa shape index (κ3) is 4.05. The number of nitrogens with zero attached hydrogens (tertiary/aromatic N) is 1. The average molecular weight is 329 g/mol. The van der Waals surface area contributed by atoms with Crippen molar-refractivity contribution in [2.75, 3.05) is 13.1 Å². The quantitative estimate of drug-likeness (QED) is 0.814. The molecule has 2 heterocycles. The summed E-state index contributed by atoms with van der Waals surface area (Å²) in [5.74, 6) is -1.95. The predicted molar refractivity (Wildman–Crippen MR) is 79.1 cm³/mol. The van der Waals surface area contributed by atoms with Crippen molar-refractivity contribution in [3.63, 3.8) is 0 Å². The number of halogens is 1. The molecule has 6 nitrogen and oxygen atoms in total. The summed E-state index contributed by atoms with van der Waals surface area (Å²) >= 11 is 7.12. The van der Waals surface area contributed by atoms with Crippen molar-refractivity contribution in [2.24, 2.45) is 0 Å². The van der Waals surface area contributed by atoms with E-state index in [9.17, 15) is 14.4 Å². The fourth-order valence-electron chi connectivity index (χ4n) is 2.01. The Hall–Kier alpha value is -1.86. The van der Waals surface area contributed by atoms with Crippen molar-refractivity contribution in [3.8, 4) is 0 Å². The lowest BCUT2D eigenvalue weighted by Gasteiger charge is -2.33. The molecule has 2 N–H and O–H groups in total. The van der Waals surface area contributed by atoms with Crippen LogP contribution < -0.4 is 5.32 Å². The molecule has 8 heteroatoms. The smallest absolute Gasteiger partial charge is 0.305 e. The van der Waals surface area contributed by atoms with Gasteiger partial charge in [0.25, 0.3) is 0 Å². The number of aliphatic carboxylic acids is 1. The second kappa shape index (κ2) is 6.73. The largest absolute Gasteiger partial charge is 0.481 e. The van der Waals surface area contributed by atoms with Gasteiger partial charge in [0.2, 0.25) is 11.8 Å². The average Bonchev–Trinajstić information content (AvgIpc) is 2.84. The van der Waals surface area contributed by atoms with Gasteiger partial charge >= 0.3 is 5.97 Å². The first-order chi connectivity index (χ1) is 9.97. The number of carboxylic acid groups (broad SMARTS) is 1. The molecule has 1 aromatic heterocycles. The molecule has 1 fully saturated rings. The zero-order chi connectivity index (χ0) is 15.4. The van der Waals surface area contributed by atoms with Crippen LogP contribution >= 0.6 is 22.9 Å². The first-order valence-corrected chi connectivity index (χ1v) is 7.40. The third-order valence-electron chi connectivity index (χ3n) is 2.97. The summed E-state index contributed by atoms with van der Waals surface area (Å²) in [6.45, 7) is 0.609. The van der Waals surface area contributed by atoms with Crippen molar-refractivity contribution < 1.29 is 19.5 Å². The van der Waals surface area contributed by atoms with E-state index in [0.29, 0.717) is 10.9 Å². The monoisotopic (exact) mass is 328 g/mol. The molecule has 1 atom stereocenters. The minimum absolute atomic E-state index is 0.290. The third-order valence-corrected chi connectivity index (χ3v) is 4.16. The van der Waals surface area contributed by atoms with E-state index in [1.54, 1.807) is 18.2 Å². The Bertz CT molecular complexity index is 599. The van der Waals surface area contributed by atoms with E-state index >= 15 is 0 Å². The van der Waals surface area contributed by atoms with Gasteiger partial charge in [0.1, 0.15) is 6.04 Å². The van der Waals surface area contributed by atoms with E-state index in [1.165, 1.54) is 22.3 Å². The summed E-state index contributed by atoms with van der Waals surface area (Å²) in [5.41, 5.74) is 0. The predicted octanol–water partition coefficient (Wildman–Crippen LogP) is 1.22. The fourth-order valence-corrected chi connectivity index (χ4v) is 2.98. The summed E-state index contributed by atoms with van der Waals surface area (Å²) < 4.78 is 0.614. The highest BCUT2D eigenvalue weighted by atomic mass is 35.5. The maximum atomic E-state index is 12.2.